The van der Waals surface area contributed by atoms with E-state index in [-0.39, 0.29) is 5.78 Å². The largest absolute Gasteiger partial charge is 0.289 e. The summed E-state index contributed by atoms with van der Waals surface area (Å²) < 4.78 is 1.94. The highest BCUT2D eigenvalue weighted by atomic mass is 32.1. The summed E-state index contributed by atoms with van der Waals surface area (Å²) in [5.74, 6) is -0.285. The number of benzene rings is 4. The number of carbonyl (C=O) groups is 1. The van der Waals surface area contributed by atoms with Gasteiger partial charge in [0.25, 0.3) is 0 Å². The van der Waals surface area contributed by atoms with Gasteiger partial charge in [-0.2, -0.15) is 10.5 Å². The maximum Gasteiger partial charge on any atom is 0.194 e. The van der Waals surface area contributed by atoms with Crippen molar-refractivity contribution in [3.8, 4) is 33.3 Å². The first-order valence-corrected chi connectivity index (χ1v) is 12.6. The lowest BCUT2D eigenvalue weighted by molar-refractivity contribution is 0.104. The fraction of sp³-hybridized carbons (Fsp3) is 0. The third-order valence-corrected chi connectivity index (χ3v) is 7.98. The molecule has 0 spiro atoms. The van der Waals surface area contributed by atoms with Crippen LogP contribution in [0, 0.1) is 22.7 Å². The van der Waals surface area contributed by atoms with E-state index in [2.05, 4.69) is 12.1 Å². The smallest absolute Gasteiger partial charge is 0.194 e. The van der Waals surface area contributed by atoms with Crippen molar-refractivity contribution in [3.63, 3.8) is 0 Å². The van der Waals surface area contributed by atoms with E-state index < -0.39 is 0 Å². The molecule has 0 saturated heterocycles. The molecule has 6 aromatic rings. The summed E-state index contributed by atoms with van der Waals surface area (Å²) in [5, 5.41) is 21.0. The Morgan fingerprint density at radius 3 is 1.47 bits per heavy atom. The Morgan fingerprint density at radius 2 is 1.06 bits per heavy atom. The van der Waals surface area contributed by atoms with Gasteiger partial charge in [-0.3, -0.25) is 4.79 Å². The van der Waals surface area contributed by atoms with Crippen LogP contribution in [0.25, 0.3) is 41.6 Å². The number of hydrogen-bond acceptors (Lipinski definition) is 7. The molecular weight excluding hydrogens is 484 g/mol. The molecule has 0 fully saturated rings. The minimum Gasteiger partial charge on any atom is -0.289 e. The number of aromatic nitrogens is 2. The number of nitriles is 2. The molecule has 0 bridgehead atoms. The van der Waals surface area contributed by atoms with Crippen molar-refractivity contribution < 1.29 is 4.79 Å². The van der Waals surface area contributed by atoms with Crippen LogP contribution in [0.1, 0.15) is 27.0 Å². The first-order valence-electron chi connectivity index (χ1n) is 11.0. The van der Waals surface area contributed by atoms with E-state index in [1.165, 1.54) is 22.7 Å². The number of nitrogens with zero attached hydrogens (tertiary/aromatic N) is 4. The molecule has 0 aliphatic rings. The van der Waals surface area contributed by atoms with Crippen molar-refractivity contribution in [1.29, 1.82) is 10.5 Å². The van der Waals surface area contributed by atoms with E-state index >= 15 is 0 Å². The first kappa shape index (κ1) is 21.8. The van der Waals surface area contributed by atoms with Gasteiger partial charge < -0.3 is 0 Å². The molecule has 6 rings (SSSR count). The highest BCUT2D eigenvalue weighted by Gasteiger charge is 2.25. The molecule has 0 aliphatic heterocycles. The van der Waals surface area contributed by atoms with E-state index in [4.69, 9.17) is 9.97 Å². The van der Waals surface area contributed by atoms with Crippen LogP contribution in [0.4, 0.5) is 0 Å². The molecule has 0 radical (unpaired) electrons. The minimum absolute atomic E-state index is 0.285. The second-order valence-corrected chi connectivity index (χ2v) is 10.0. The predicted octanol–water partition coefficient (Wildman–Crippen LogP) is 7.21. The van der Waals surface area contributed by atoms with E-state index in [1.54, 1.807) is 36.4 Å². The molecule has 0 aliphatic carbocycles. The topological polar surface area (TPSA) is 90.4 Å². The van der Waals surface area contributed by atoms with Gasteiger partial charge in [-0.15, -0.1) is 22.7 Å². The van der Waals surface area contributed by atoms with Crippen molar-refractivity contribution in [2.45, 2.75) is 0 Å². The maximum absolute atomic E-state index is 14.1. The number of hydrogen-bond donors (Lipinski definition) is 0. The Morgan fingerprint density at radius 1 is 0.611 bits per heavy atom. The Balaban J connectivity index is 1.58. The van der Waals surface area contributed by atoms with Gasteiger partial charge >= 0.3 is 0 Å². The van der Waals surface area contributed by atoms with Crippen LogP contribution in [0.2, 0.25) is 0 Å². The summed E-state index contributed by atoms with van der Waals surface area (Å²) in [5.41, 5.74) is 4.11. The van der Waals surface area contributed by atoms with Crippen LogP contribution in [0.5, 0.6) is 0 Å². The van der Waals surface area contributed by atoms with Gasteiger partial charge in [0.1, 0.15) is 10.0 Å². The van der Waals surface area contributed by atoms with E-state index in [0.29, 0.717) is 43.4 Å². The first-order chi connectivity index (χ1) is 17.7. The monoisotopic (exact) mass is 498 g/mol. The summed E-state index contributed by atoms with van der Waals surface area (Å²) >= 11 is 2.88. The predicted molar refractivity (Wildman–Crippen MR) is 143 cm³/mol. The average molecular weight is 499 g/mol. The Labute approximate surface area is 214 Å². The number of carbonyl (C=O) groups excluding carboxylic acids is 1. The lowest BCUT2D eigenvalue weighted by atomic mass is 9.91. The molecule has 0 N–H and O–H groups in total. The molecule has 0 unspecified atom stereocenters. The fourth-order valence-electron chi connectivity index (χ4n) is 4.23. The molecule has 4 aromatic carbocycles. The van der Waals surface area contributed by atoms with E-state index in [9.17, 15) is 15.3 Å². The normalized spacial score (nSPS) is 10.8. The van der Waals surface area contributed by atoms with Gasteiger partial charge in [0, 0.05) is 22.3 Å². The van der Waals surface area contributed by atoms with Gasteiger partial charge in [0.15, 0.2) is 5.78 Å². The number of para-hydroxylation sites is 2. The number of ketones is 1. The minimum atomic E-state index is -0.285. The molecule has 2 heterocycles. The summed E-state index contributed by atoms with van der Waals surface area (Å²) in [7, 11) is 0. The van der Waals surface area contributed by atoms with Crippen molar-refractivity contribution in [2.24, 2.45) is 0 Å². The zero-order valence-electron chi connectivity index (χ0n) is 18.6. The highest BCUT2D eigenvalue weighted by molar-refractivity contribution is 7.22. The lowest BCUT2D eigenvalue weighted by Gasteiger charge is -2.12. The third kappa shape index (κ3) is 3.55. The van der Waals surface area contributed by atoms with Crippen molar-refractivity contribution >= 4 is 48.9 Å². The third-order valence-electron chi connectivity index (χ3n) is 5.87. The van der Waals surface area contributed by atoms with Crippen molar-refractivity contribution in [1.82, 2.24) is 9.97 Å². The van der Waals surface area contributed by atoms with Crippen LogP contribution in [0.15, 0.2) is 84.9 Å². The maximum atomic E-state index is 14.1. The van der Waals surface area contributed by atoms with Gasteiger partial charge in [-0.05, 0) is 36.4 Å². The van der Waals surface area contributed by atoms with Gasteiger partial charge in [0.05, 0.1) is 43.7 Å². The zero-order valence-corrected chi connectivity index (χ0v) is 20.2. The fourth-order valence-corrected chi connectivity index (χ4v) is 6.31. The summed E-state index contributed by atoms with van der Waals surface area (Å²) in [6.45, 7) is 0. The molecule has 0 atom stereocenters. The summed E-state index contributed by atoms with van der Waals surface area (Å²) in [4.78, 5) is 23.6. The molecular formula is C29H14N4OS2. The molecule has 168 valence electrons. The zero-order chi connectivity index (χ0) is 24.6. The molecule has 0 amide bonds. The van der Waals surface area contributed by atoms with Gasteiger partial charge in [-0.1, -0.05) is 48.5 Å². The number of fused-ring (bicyclic) bond motifs is 2. The van der Waals surface area contributed by atoms with Crippen LogP contribution in [-0.2, 0) is 0 Å². The van der Waals surface area contributed by atoms with Crippen molar-refractivity contribution in [2.75, 3.05) is 0 Å². The Bertz CT molecular complexity index is 1700. The molecule has 2 aromatic heterocycles. The van der Waals surface area contributed by atoms with Crippen LogP contribution >= 0.6 is 22.7 Å². The van der Waals surface area contributed by atoms with Crippen LogP contribution < -0.4 is 0 Å². The molecule has 5 nitrogen and oxygen atoms in total. The lowest BCUT2D eigenvalue weighted by Crippen LogP contribution is -2.08. The second kappa shape index (κ2) is 8.83. The quantitative estimate of drug-likeness (QED) is 0.239. The Kier molecular flexibility index (Phi) is 5.35. The van der Waals surface area contributed by atoms with Crippen molar-refractivity contribution in [3.05, 3.63) is 107 Å². The Hall–Kier alpha value is -4.69. The number of rotatable bonds is 4. The van der Waals surface area contributed by atoms with Gasteiger partial charge in [0.2, 0.25) is 0 Å². The highest BCUT2D eigenvalue weighted by Crippen LogP contribution is 2.39. The summed E-state index contributed by atoms with van der Waals surface area (Å²) in [6, 6.07) is 30.1. The second-order valence-electron chi connectivity index (χ2n) is 7.98. The SMILES string of the molecule is N#Cc1cccc(C(=O)c2cccc(C#N)c2-c2nc3ccccc3s2)c1-c1nc2ccccc2s1. The van der Waals surface area contributed by atoms with E-state index in [0.717, 1.165) is 20.4 Å². The summed E-state index contributed by atoms with van der Waals surface area (Å²) in [6.07, 6.45) is 0. The molecule has 36 heavy (non-hydrogen) atoms. The molecule has 0 saturated carbocycles. The van der Waals surface area contributed by atoms with Crippen LogP contribution in [-0.4, -0.2) is 15.8 Å². The average Bonchev–Trinajstić information content (AvgIpc) is 3.55. The standard InChI is InChI=1S/C29H14N4OS2/c30-15-17-7-5-9-19(25(17)28-32-21-11-1-3-13-23(21)35-28)27(34)20-10-6-8-18(16-31)26(20)29-33-22-12-2-4-14-24(22)36-29/h1-14H. The van der Waals surface area contributed by atoms with Crippen LogP contribution in [0.3, 0.4) is 0 Å². The van der Waals surface area contributed by atoms with E-state index in [1.807, 2.05) is 48.5 Å². The number of thiazole rings is 2. The molecule has 7 heteroatoms. The van der Waals surface area contributed by atoms with Gasteiger partial charge in [-0.25, -0.2) is 9.97 Å².